The average Bonchev–Trinajstić information content (AvgIpc) is 3.03. The Kier molecular flexibility index (Phi) is 5.66. The normalized spacial score (nSPS) is 15.6. The first kappa shape index (κ1) is 20.2. The molecule has 0 aliphatic carbocycles. The second-order valence-corrected chi connectivity index (χ2v) is 7.14. The van der Waals surface area contributed by atoms with Crippen LogP contribution in [0.25, 0.3) is 0 Å². The highest BCUT2D eigenvalue weighted by molar-refractivity contribution is 6.23. The molecular formula is C24H21N3O4. The van der Waals surface area contributed by atoms with Crippen molar-refractivity contribution in [3.63, 3.8) is 0 Å². The molecule has 1 atom stereocenters. The predicted octanol–water partition coefficient (Wildman–Crippen LogP) is 4.18. The summed E-state index contributed by atoms with van der Waals surface area (Å²) in [7, 11) is 0. The van der Waals surface area contributed by atoms with Gasteiger partial charge in [-0.05, 0) is 60.7 Å². The van der Waals surface area contributed by atoms with Crippen LogP contribution in [0.5, 0.6) is 11.5 Å². The van der Waals surface area contributed by atoms with Gasteiger partial charge in [0.2, 0.25) is 11.8 Å². The Morgan fingerprint density at radius 2 is 1.48 bits per heavy atom. The maximum absolute atomic E-state index is 12.9. The first-order chi connectivity index (χ1) is 15.0. The Bertz CT molecular complexity index is 1100. The average molecular weight is 415 g/mol. The standard InChI is InChI=1S/C24H21N3O4/c1-16(28)25-17-7-9-18(10-8-17)26-22-15-23(29)27(24(22)30)19-11-13-21(14-12-19)31-20-5-3-2-4-6-20/h2-14,22,26H,15H2,1H3,(H,25,28). The molecule has 1 aliphatic heterocycles. The van der Waals surface area contributed by atoms with Crippen molar-refractivity contribution in [2.24, 2.45) is 0 Å². The van der Waals surface area contributed by atoms with E-state index in [1.165, 1.54) is 11.8 Å². The lowest BCUT2D eigenvalue weighted by Crippen LogP contribution is -2.34. The minimum absolute atomic E-state index is 0.0640. The number of nitrogens with zero attached hydrogens (tertiary/aromatic N) is 1. The number of nitrogens with one attached hydrogen (secondary N) is 2. The molecule has 0 spiro atoms. The van der Waals surface area contributed by atoms with Gasteiger partial charge in [-0.15, -0.1) is 0 Å². The Morgan fingerprint density at radius 3 is 2.13 bits per heavy atom. The van der Waals surface area contributed by atoms with Gasteiger partial charge in [-0.2, -0.15) is 0 Å². The van der Waals surface area contributed by atoms with Crippen LogP contribution in [-0.2, 0) is 14.4 Å². The number of hydrogen-bond donors (Lipinski definition) is 2. The van der Waals surface area contributed by atoms with Crippen molar-refractivity contribution in [1.29, 1.82) is 0 Å². The summed E-state index contributed by atoms with van der Waals surface area (Å²) in [5.74, 6) is 0.579. The van der Waals surface area contributed by atoms with E-state index in [-0.39, 0.29) is 24.1 Å². The quantitative estimate of drug-likeness (QED) is 0.590. The molecule has 1 saturated heterocycles. The summed E-state index contributed by atoms with van der Waals surface area (Å²) in [6.45, 7) is 1.43. The van der Waals surface area contributed by atoms with Crippen LogP contribution in [0.1, 0.15) is 13.3 Å². The van der Waals surface area contributed by atoms with Crippen molar-refractivity contribution in [3.8, 4) is 11.5 Å². The predicted molar refractivity (Wildman–Crippen MR) is 118 cm³/mol. The minimum Gasteiger partial charge on any atom is -0.457 e. The Balaban J connectivity index is 1.42. The van der Waals surface area contributed by atoms with Crippen molar-refractivity contribution in [2.45, 2.75) is 19.4 Å². The summed E-state index contributed by atoms with van der Waals surface area (Å²) in [6.07, 6.45) is 0.0640. The van der Waals surface area contributed by atoms with Gasteiger partial charge in [-0.25, -0.2) is 4.90 Å². The summed E-state index contributed by atoms with van der Waals surface area (Å²) >= 11 is 0. The maximum Gasteiger partial charge on any atom is 0.256 e. The van der Waals surface area contributed by atoms with Crippen LogP contribution in [0.4, 0.5) is 17.1 Å². The Morgan fingerprint density at radius 1 is 0.871 bits per heavy atom. The largest absolute Gasteiger partial charge is 0.457 e. The highest BCUT2D eigenvalue weighted by Gasteiger charge is 2.39. The first-order valence-corrected chi connectivity index (χ1v) is 9.83. The zero-order chi connectivity index (χ0) is 21.8. The van der Waals surface area contributed by atoms with Gasteiger partial charge in [0.1, 0.15) is 17.5 Å². The van der Waals surface area contributed by atoms with Crippen LogP contribution in [-0.4, -0.2) is 23.8 Å². The molecule has 3 aromatic rings. The van der Waals surface area contributed by atoms with Crippen LogP contribution in [0, 0.1) is 0 Å². The van der Waals surface area contributed by atoms with Crippen molar-refractivity contribution in [2.75, 3.05) is 15.5 Å². The Hall–Kier alpha value is -4.13. The third-order valence-corrected chi connectivity index (χ3v) is 4.77. The molecule has 31 heavy (non-hydrogen) atoms. The van der Waals surface area contributed by atoms with Gasteiger partial charge in [0.15, 0.2) is 0 Å². The highest BCUT2D eigenvalue weighted by Crippen LogP contribution is 2.28. The van der Waals surface area contributed by atoms with Gasteiger partial charge in [0.05, 0.1) is 12.1 Å². The number of carbonyl (C=O) groups is 3. The molecule has 0 radical (unpaired) electrons. The molecule has 1 fully saturated rings. The van der Waals surface area contributed by atoms with Gasteiger partial charge in [0.25, 0.3) is 5.91 Å². The summed E-state index contributed by atoms with van der Waals surface area (Å²) in [5, 5.41) is 5.78. The maximum atomic E-state index is 12.9. The molecular weight excluding hydrogens is 394 g/mol. The summed E-state index contributed by atoms with van der Waals surface area (Å²) < 4.78 is 5.76. The van der Waals surface area contributed by atoms with Crippen LogP contribution in [0.2, 0.25) is 0 Å². The lowest BCUT2D eigenvalue weighted by molar-refractivity contribution is -0.121. The molecule has 0 bridgehead atoms. The fourth-order valence-electron chi connectivity index (χ4n) is 3.36. The van der Waals surface area contributed by atoms with Crippen LogP contribution in [0.15, 0.2) is 78.9 Å². The summed E-state index contributed by atoms with van der Waals surface area (Å²) in [4.78, 5) is 37.7. The number of hydrogen-bond acceptors (Lipinski definition) is 5. The molecule has 2 N–H and O–H groups in total. The second-order valence-electron chi connectivity index (χ2n) is 7.14. The fourth-order valence-corrected chi connectivity index (χ4v) is 3.36. The van der Waals surface area contributed by atoms with Crippen molar-refractivity contribution in [3.05, 3.63) is 78.9 Å². The van der Waals surface area contributed by atoms with Crippen LogP contribution in [0.3, 0.4) is 0 Å². The number of carbonyl (C=O) groups excluding carboxylic acids is 3. The molecule has 3 aromatic carbocycles. The molecule has 0 aromatic heterocycles. The number of rotatable bonds is 6. The fraction of sp³-hybridized carbons (Fsp3) is 0.125. The number of ether oxygens (including phenoxy) is 1. The minimum atomic E-state index is -0.653. The van der Waals surface area contributed by atoms with E-state index < -0.39 is 6.04 Å². The topological polar surface area (TPSA) is 87.7 Å². The first-order valence-electron chi connectivity index (χ1n) is 9.83. The van der Waals surface area contributed by atoms with E-state index in [2.05, 4.69) is 10.6 Å². The molecule has 1 unspecified atom stereocenters. The van der Waals surface area contributed by atoms with E-state index in [0.29, 0.717) is 28.6 Å². The van der Waals surface area contributed by atoms with Gasteiger partial charge in [0, 0.05) is 18.3 Å². The van der Waals surface area contributed by atoms with Crippen LogP contribution < -0.4 is 20.3 Å². The zero-order valence-electron chi connectivity index (χ0n) is 16.9. The number of amides is 3. The van der Waals surface area contributed by atoms with E-state index in [4.69, 9.17) is 4.74 Å². The van der Waals surface area contributed by atoms with Crippen molar-refractivity contribution in [1.82, 2.24) is 0 Å². The van der Waals surface area contributed by atoms with E-state index in [1.807, 2.05) is 30.3 Å². The van der Waals surface area contributed by atoms with Gasteiger partial charge >= 0.3 is 0 Å². The van der Waals surface area contributed by atoms with E-state index in [9.17, 15) is 14.4 Å². The molecule has 7 heteroatoms. The summed E-state index contributed by atoms with van der Waals surface area (Å²) in [6, 6.07) is 22.5. The highest BCUT2D eigenvalue weighted by atomic mass is 16.5. The van der Waals surface area contributed by atoms with Crippen molar-refractivity contribution < 1.29 is 19.1 Å². The van der Waals surface area contributed by atoms with Gasteiger partial charge in [-0.3, -0.25) is 14.4 Å². The molecule has 156 valence electrons. The number of benzene rings is 3. The SMILES string of the molecule is CC(=O)Nc1ccc(NC2CC(=O)N(c3ccc(Oc4ccccc4)cc3)C2=O)cc1. The Labute approximate surface area is 179 Å². The van der Waals surface area contributed by atoms with Crippen LogP contribution >= 0.6 is 0 Å². The molecule has 1 aliphatic rings. The lowest BCUT2D eigenvalue weighted by atomic mass is 10.2. The monoisotopic (exact) mass is 415 g/mol. The number of imide groups is 1. The van der Waals surface area contributed by atoms with E-state index in [1.54, 1.807) is 48.5 Å². The lowest BCUT2D eigenvalue weighted by Gasteiger charge is -2.17. The molecule has 4 rings (SSSR count). The molecule has 0 saturated carbocycles. The smallest absolute Gasteiger partial charge is 0.256 e. The van der Waals surface area contributed by atoms with Crippen molar-refractivity contribution >= 4 is 34.8 Å². The molecule has 1 heterocycles. The summed E-state index contributed by atoms with van der Waals surface area (Å²) in [5.41, 5.74) is 1.85. The van der Waals surface area contributed by atoms with E-state index in [0.717, 1.165) is 0 Å². The van der Waals surface area contributed by atoms with Gasteiger partial charge in [-0.1, -0.05) is 18.2 Å². The second kappa shape index (κ2) is 8.71. The third-order valence-electron chi connectivity index (χ3n) is 4.77. The number of para-hydroxylation sites is 1. The number of anilines is 3. The molecule has 3 amide bonds. The molecule has 7 nitrogen and oxygen atoms in total. The zero-order valence-corrected chi connectivity index (χ0v) is 16.9. The third kappa shape index (κ3) is 4.72. The van der Waals surface area contributed by atoms with Gasteiger partial charge < -0.3 is 15.4 Å². The van der Waals surface area contributed by atoms with E-state index >= 15 is 0 Å².